The maximum atomic E-state index is 13.7. The van der Waals surface area contributed by atoms with Gasteiger partial charge in [-0.3, -0.25) is 24.4 Å². The Balaban J connectivity index is 1.73. The molecule has 3 amide bonds. The number of amides is 3. The number of aliphatic carboxylic acids is 1. The molecule has 0 spiro atoms. The third-order valence-corrected chi connectivity index (χ3v) is 7.01. The highest BCUT2D eigenvalue weighted by atomic mass is 16.6. The van der Waals surface area contributed by atoms with Crippen LogP contribution in [0.15, 0.2) is 54.6 Å². The molecule has 1 atom stereocenters. The molecule has 0 aromatic heterocycles. The van der Waals surface area contributed by atoms with E-state index in [9.17, 15) is 34.3 Å². The zero-order chi connectivity index (χ0) is 29.1. The molecule has 11 nitrogen and oxygen atoms in total. The van der Waals surface area contributed by atoms with Crippen molar-refractivity contribution in [2.24, 2.45) is 5.92 Å². The number of hydrogen-bond donors (Lipinski definition) is 3. The lowest BCUT2D eigenvalue weighted by atomic mass is 9.90. The van der Waals surface area contributed by atoms with Crippen molar-refractivity contribution >= 4 is 29.7 Å². The lowest BCUT2D eigenvalue weighted by Gasteiger charge is -2.35. The van der Waals surface area contributed by atoms with Crippen LogP contribution in [0.5, 0.6) is 0 Å². The number of methoxy groups -OCH3 is 1. The first kappa shape index (κ1) is 30.3. The van der Waals surface area contributed by atoms with E-state index in [2.05, 4.69) is 10.2 Å². The SMILES string of the molecule is COC(=O)c1ccc(C(=O)NN(O)C(=O)CC(CCc2ccccc2)C(=O)N(CC(=O)O)C2CCCCC2)cc1. The van der Waals surface area contributed by atoms with Crippen molar-refractivity contribution in [3.8, 4) is 0 Å². The Kier molecular flexibility index (Phi) is 11.2. The van der Waals surface area contributed by atoms with Crippen molar-refractivity contribution in [3.05, 3.63) is 71.3 Å². The molecule has 1 saturated carbocycles. The molecule has 3 N–H and O–H groups in total. The number of esters is 1. The molecule has 1 fully saturated rings. The molecule has 1 aliphatic rings. The van der Waals surface area contributed by atoms with E-state index >= 15 is 0 Å². The van der Waals surface area contributed by atoms with Gasteiger partial charge in [-0.1, -0.05) is 49.6 Å². The van der Waals surface area contributed by atoms with Crippen LogP contribution in [0.25, 0.3) is 0 Å². The van der Waals surface area contributed by atoms with Crippen LogP contribution < -0.4 is 5.43 Å². The van der Waals surface area contributed by atoms with E-state index in [0.29, 0.717) is 19.3 Å². The summed E-state index contributed by atoms with van der Waals surface area (Å²) in [6.45, 7) is -0.472. The number of hydrazine groups is 1. The summed E-state index contributed by atoms with van der Waals surface area (Å²) >= 11 is 0. The number of aryl methyl sites for hydroxylation is 1. The molecular weight excluding hydrogens is 518 g/mol. The summed E-state index contributed by atoms with van der Waals surface area (Å²) < 4.78 is 4.62. The van der Waals surface area contributed by atoms with Crippen molar-refractivity contribution in [2.45, 2.75) is 57.4 Å². The van der Waals surface area contributed by atoms with Gasteiger partial charge in [-0.25, -0.2) is 10.2 Å². The van der Waals surface area contributed by atoms with Gasteiger partial charge in [0.05, 0.1) is 12.7 Å². The largest absolute Gasteiger partial charge is 0.480 e. The molecule has 0 heterocycles. The predicted molar refractivity (Wildman–Crippen MR) is 143 cm³/mol. The molecule has 40 heavy (non-hydrogen) atoms. The van der Waals surface area contributed by atoms with Crippen LogP contribution in [0.1, 0.15) is 71.2 Å². The molecule has 2 aromatic rings. The third-order valence-electron chi connectivity index (χ3n) is 7.01. The van der Waals surface area contributed by atoms with Crippen LogP contribution in [0.2, 0.25) is 0 Å². The van der Waals surface area contributed by atoms with E-state index in [4.69, 9.17) is 0 Å². The zero-order valence-electron chi connectivity index (χ0n) is 22.5. The minimum Gasteiger partial charge on any atom is -0.480 e. The van der Waals surface area contributed by atoms with Crippen molar-refractivity contribution in [1.82, 2.24) is 15.5 Å². The summed E-state index contributed by atoms with van der Waals surface area (Å²) in [5.41, 5.74) is 3.30. The number of hydrogen-bond acceptors (Lipinski definition) is 7. The van der Waals surface area contributed by atoms with Crippen molar-refractivity contribution in [1.29, 1.82) is 0 Å². The fourth-order valence-corrected chi connectivity index (χ4v) is 4.85. The Bertz CT molecular complexity index is 1180. The summed E-state index contributed by atoms with van der Waals surface area (Å²) in [6.07, 6.45) is 4.44. The van der Waals surface area contributed by atoms with Gasteiger partial charge in [-0.15, -0.1) is 5.17 Å². The fourth-order valence-electron chi connectivity index (χ4n) is 4.85. The standard InChI is InChI=1S/C29H35N3O8/c1-40-29(38)22-16-14-21(15-17-22)27(36)30-32(39)25(33)18-23(13-12-20-8-4-2-5-9-20)28(37)31(19-26(34)35)24-10-6-3-7-11-24/h2,4-5,8-9,14-17,23-24,39H,3,6-7,10-13,18-19H2,1H3,(H,30,36)(H,34,35). The van der Waals surface area contributed by atoms with Crippen LogP contribution >= 0.6 is 0 Å². The normalized spacial score (nSPS) is 14.1. The highest BCUT2D eigenvalue weighted by Crippen LogP contribution is 2.26. The maximum absolute atomic E-state index is 13.7. The van der Waals surface area contributed by atoms with Gasteiger partial charge in [-0.2, -0.15) is 0 Å². The van der Waals surface area contributed by atoms with Crippen molar-refractivity contribution in [2.75, 3.05) is 13.7 Å². The van der Waals surface area contributed by atoms with Gasteiger partial charge in [0.1, 0.15) is 6.54 Å². The quantitative estimate of drug-likeness (QED) is 0.218. The average Bonchev–Trinajstić information content (AvgIpc) is 2.98. The smallest absolute Gasteiger partial charge is 0.337 e. The van der Waals surface area contributed by atoms with E-state index in [1.807, 2.05) is 30.3 Å². The second-order valence-electron chi connectivity index (χ2n) is 9.79. The second-order valence-corrected chi connectivity index (χ2v) is 9.79. The highest BCUT2D eigenvalue weighted by Gasteiger charge is 2.34. The minimum absolute atomic E-state index is 0.0431. The monoisotopic (exact) mass is 553 g/mol. The van der Waals surface area contributed by atoms with Gasteiger partial charge in [0.25, 0.3) is 11.8 Å². The maximum Gasteiger partial charge on any atom is 0.337 e. The van der Waals surface area contributed by atoms with E-state index < -0.39 is 48.5 Å². The Labute approximate surface area is 232 Å². The van der Waals surface area contributed by atoms with Gasteiger partial charge in [-0.05, 0) is 55.5 Å². The van der Waals surface area contributed by atoms with Crippen LogP contribution in [0, 0.1) is 5.92 Å². The van der Waals surface area contributed by atoms with Gasteiger partial charge in [0, 0.05) is 23.9 Å². The molecule has 0 aliphatic heterocycles. The molecule has 0 bridgehead atoms. The first-order valence-electron chi connectivity index (χ1n) is 13.3. The molecular formula is C29H35N3O8. The Morgan fingerprint density at radius 3 is 2.17 bits per heavy atom. The minimum atomic E-state index is -1.14. The number of carbonyl (C=O) groups is 5. The summed E-state index contributed by atoms with van der Waals surface area (Å²) in [6, 6.07) is 14.5. The van der Waals surface area contributed by atoms with Gasteiger partial charge in [0.15, 0.2) is 0 Å². The summed E-state index contributed by atoms with van der Waals surface area (Å²) in [5.74, 6) is -4.83. The van der Waals surface area contributed by atoms with Crippen LogP contribution in [0.3, 0.4) is 0 Å². The first-order valence-corrected chi connectivity index (χ1v) is 13.3. The van der Waals surface area contributed by atoms with Crippen molar-refractivity contribution in [3.63, 3.8) is 0 Å². The second kappa shape index (κ2) is 14.8. The van der Waals surface area contributed by atoms with E-state index in [0.717, 1.165) is 24.8 Å². The number of ether oxygens (including phenoxy) is 1. The molecule has 2 aromatic carbocycles. The first-order chi connectivity index (χ1) is 19.2. The molecule has 11 heteroatoms. The fraction of sp³-hybridized carbons (Fsp3) is 0.414. The molecule has 0 saturated heterocycles. The summed E-state index contributed by atoms with van der Waals surface area (Å²) in [7, 11) is 1.23. The number of carboxylic acids is 1. The summed E-state index contributed by atoms with van der Waals surface area (Å²) in [4.78, 5) is 63.8. The molecule has 0 radical (unpaired) electrons. The molecule has 1 unspecified atom stereocenters. The zero-order valence-corrected chi connectivity index (χ0v) is 22.5. The lowest BCUT2D eigenvalue weighted by Crippen LogP contribution is -2.49. The Hall–Kier alpha value is -4.25. The molecule has 1 aliphatic carbocycles. The van der Waals surface area contributed by atoms with E-state index in [-0.39, 0.29) is 28.8 Å². The summed E-state index contributed by atoms with van der Waals surface area (Å²) in [5, 5.41) is 19.9. The van der Waals surface area contributed by atoms with Gasteiger partial charge in [0.2, 0.25) is 5.91 Å². The number of nitrogens with one attached hydrogen (secondary N) is 1. The molecule has 3 rings (SSSR count). The lowest BCUT2D eigenvalue weighted by molar-refractivity contribution is -0.177. The van der Waals surface area contributed by atoms with Crippen LogP contribution in [-0.4, -0.2) is 69.7 Å². The van der Waals surface area contributed by atoms with E-state index in [1.165, 1.54) is 36.3 Å². The number of benzene rings is 2. The highest BCUT2D eigenvalue weighted by molar-refractivity contribution is 5.97. The average molecular weight is 554 g/mol. The topological polar surface area (TPSA) is 154 Å². The number of carbonyl (C=O) groups excluding carboxylic acids is 4. The number of nitrogens with zero attached hydrogens (tertiary/aromatic N) is 2. The van der Waals surface area contributed by atoms with E-state index in [1.54, 1.807) is 0 Å². The Morgan fingerprint density at radius 1 is 0.950 bits per heavy atom. The third kappa shape index (κ3) is 8.63. The number of carboxylic acid groups (broad SMARTS) is 1. The number of rotatable bonds is 11. The van der Waals surface area contributed by atoms with Crippen molar-refractivity contribution < 1.29 is 39.0 Å². The van der Waals surface area contributed by atoms with Gasteiger partial charge >= 0.3 is 11.9 Å². The Morgan fingerprint density at radius 2 is 1.57 bits per heavy atom. The number of hydroxylamine groups is 1. The van der Waals surface area contributed by atoms with Crippen LogP contribution in [0.4, 0.5) is 0 Å². The molecule has 214 valence electrons. The van der Waals surface area contributed by atoms with Gasteiger partial charge < -0.3 is 14.7 Å². The predicted octanol–water partition coefficient (Wildman–Crippen LogP) is 3.22. The van der Waals surface area contributed by atoms with Crippen LogP contribution in [-0.2, 0) is 25.5 Å².